The average Bonchev–Trinajstić information content (AvgIpc) is 3.43. The lowest BCUT2D eigenvalue weighted by atomic mass is 10.1. The predicted molar refractivity (Wildman–Crippen MR) is 164 cm³/mol. The van der Waals surface area contributed by atoms with Gasteiger partial charge in [-0.1, -0.05) is 83.5 Å². The van der Waals surface area contributed by atoms with Crippen LogP contribution in [0.5, 0.6) is 0 Å². The number of nitrogens with one attached hydrogen (secondary N) is 1. The zero-order valence-electron chi connectivity index (χ0n) is 22.8. The van der Waals surface area contributed by atoms with Gasteiger partial charge in [0.2, 0.25) is 11.8 Å². The number of nitrogens with zero attached hydrogens (tertiary/aromatic N) is 2. The molecule has 41 heavy (non-hydrogen) atoms. The predicted octanol–water partition coefficient (Wildman–Crippen LogP) is 6.63. The van der Waals surface area contributed by atoms with Gasteiger partial charge in [0.05, 0.1) is 10.6 Å². The van der Waals surface area contributed by atoms with Gasteiger partial charge in [0.1, 0.15) is 12.6 Å². The molecule has 2 amide bonds. The van der Waals surface area contributed by atoms with Crippen LogP contribution in [-0.2, 0) is 26.2 Å². The van der Waals surface area contributed by atoms with Crippen molar-refractivity contribution in [1.82, 2.24) is 10.2 Å². The van der Waals surface area contributed by atoms with Crippen LogP contribution in [-0.4, -0.2) is 43.8 Å². The Bertz CT molecular complexity index is 1490. The maximum Gasteiger partial charge on any atom is 0.264 e. The minimum absolute atomic E-state index is 0.00308. The van der Waals surface area contributed by atoms with Crippen LogP contribution in [0.2, 0.25) is 15.1 Å². The van der Waals surface area contributed by atoms with E-state index in [2.05, 4.69) is 5.32 Å². The third kappa shape index (κ3) is 7.74. The highest BCUT2D eigenvalue weighted by molar-refractivity contribution is 7.92. The lowest BCUT2D eigenvalue weighted by molar-refractivity contribution is -0.139. The van der Waals surface area contributed by atoms with Crippen molar-refractivity contribution in [3.63, 3.8) is 0 Å². The van der Waals surface area contributed by atoms with Crippen molar-refractivity contribution in [3.8, 4) is 0 Å². The molecule has 218 valence electrons. The van der Waals surface area contributed by atoms with E-state index in [0.717, 1.165) is 35.6 Å². The quantitative estimate of drug-likeness (QED) is 0.271. The maximum atomic E-state index is 14.1. The number of hydrogen-bond donors (Lipinski definition) is 1. The third-order valence-electron chi connectivity index (χ3n) is 7.19. The Balaban J connectivity index is 1.72. The summed E-state index contributed by atoms with van der Waals surface area (Å²) in [4.78, 5) is 28.7. The number of hydrogen-bond acceptors (Lipinski definition) is 4. The number of amides is 2. The lowest BCUT2D eigenvalue weighted by Gasteiger charge is -2.32. The molecule has 3 aromatic carbocycles. The Labute approximate surface area is 256 Å². The van der Waals surface area contributed by atoms with E-state index in [1.165, 1.54) is 35.2 Å². The van der Waals surface area contributed by atoms with Crippen molar-refractivity contribution in [1.29, 1.82) is 0 Å². The standard InChI is InChI=1S/C30H32Cl3N3O4S/c1-20-11-13-27(14-12-20)41(39,40)36(26-16-23(31)15-24(32)17-26)19-29(37)35(18-22-7-3-6-10-28(22)33)21(2)30(38)34-25-8-4-5-9-25/h3,6-7,10-17,21,25H,4-5,8-9,18-19H2,1-2H3,(H,34,38)/t21-/m0/s1. The molecule has 0 spiro atoms. The molecule has 0 bridgehead atoms. The van der Waals surface area contributed by atoms with E-state index in [4.69, 9.17) is 34.8 Å². The molecule has 1 aliphatic carbocycles. The van der Waals surface area contributed by atoms with E-state index in [1.54, 1.807) is 43.3 Å². The van der Waals surface area contributed by atoms with E-state index >= 15 is 0 Å². The summed E-state index contributed by atoms with van der Waals surface area (Å²) in [5.41, 5.74) is 1.63. The van der Waals surface area contributed by atoms with Gasteiger partial charge in [-0.05, 0) is 68.7 Å². The zero-order valence-corrected chi connectivity index (χ0v) is 25.9. The molecule has 0 aromatic heterocycles. The van der Waals surface area contributed by atoms with Crippen LogP contribution < -0.4 is 9.62 Å². The first-order valence-corrected chi connectivity index (χ1v) is 15.9. The van der Waals surface area contributed by atoms with Gasteiger partial charge < -0.3 is 10.2 Å². The fourth-order valence-electron chi connectivity index (χ4n) is 4.83. The highest BCUT2D eigenvalue weighted by Crippen LogP contribution is 2.30. The first-order chi connectivity index (χ1) is 19.5. The average molecular weight is 637 g/mol. The fourth-order valence-corrected chi connectivity index (χ4v) is 6.94. The molecule has 1 fully saturated rings. The number of sulfonamides is 1. The van der Waals surface area contributed by atoms with E-state index in [9.17, 15) is 18.0 Å². The van der Waals surface area contributed by atoms with Crippen molar-refractivity contribution in [2.45, 2.75) is 63.1 Å². The SMILES string of the molecule is Cc1ccc(S(=O)(=O)N(CC(=O)N(Cc2ccccc2Cl)[C@@H](C)C(=O)NC2CCCC2)c2cc(Cl)cc(Cl)c2)cc1. The van der Waals surface area contributed by atoms with Gasteiger partial charge in [0, 0.05) is 27.7 Å². The Kier molecular flexibility index (Phi) is 10.2. The van der Waals surface area contributed by atoms with Crippen molar-refractivity contribution in [3.05, 3.63) is 92.9 Å². The van der Waals surface area contributed by atoms with Gasteiger partial charge in [-0.2, -0.15) is 0 Å². The molecule has 1 N–H and O–H groups in total. The summed E-state index contributed by atoms with van der Waals surface area (Å²) in [7, 11) is -4.24. The molecule has 1 saturated carbocycles. The van der Waals surface area contributed by atoms with Crippen molar-refractivity contribution >= 4 is 62.3 Å². The Morgan fingerprint density at radius 2 is 1.56 bits per heavy atom. The van der Waals surface area contributed by atoms with Crippen molar-refractivity contribution in [2.75, 3.05) is 10.8 Å². The summed E-state index contributed by atoms with van der Waals surface area (Å²) in [6.07, 6.45) is 3.84. The summed E-state index contributed by atoms with van der Waals surface area (Å²) in [6.45, 7) is 2.89. The molecule has 0 saturated heterocycles. The molecule has 0 unspecified atom stereocenters. The number of benzene rings is 3. The highest BCUT2D eigenvalue weighted by atomic mass is 35.5. The maximum absolute atomic E-state index is 14.1. The molecule has 0 heterocycles. The number of carbonyl (C=O) groups excluding carboxylic acids is 2. The van der Waals surface area contributed by atoms with E-state index in [1.807, 2.05) is 6.92 Å². The lowest BCUT2D eigenvalue weighted by Crippen LogP contribution is -2.52. The summed E-state index contributed by atoms with van der Waals surface area (Å²) in [6, 6.07) is 16.8. The number of carbonyl (C=O) groups is 2. The second-order valence-corrected chi connectivity index (χ2v) is 13.4. The van der Waals surface area contributed by atoms with Gasteiger partial charge >= 0.3 is 0 Å². The monoisotopic (exact) mass is 635 g/mol. The normalized spacial score (nSPS) is 14.5. The minimum Gasteiger partial charge on any atom is -0.352 e. The number of halogens is 3. The Hall–Kier alpha value is -2.78. The van der Waals surface area contributed by atoms with E-state index in [0.29, 0.717) is 10.6 Å². The molecule has 11 heteroatoms. The van der Waals surface area contributed by atoms with Crippen molar-refractivity contribution in [2.24, 2.45) is 0 Å². The molecule has 7 nitrogen and oxygen atoms in total. The van der Waals surface area contributed by atoms with Gasteiger partial charge in [-0.15, -0.1) is 0 Å². The highest BCUT2D eigenvalue weighted by Gasteiger charge is 2.34. The van der Waals surface area contributed by atoms with Crippen molar-refractivity contribution < 1.29 is 18.0 Å². The second-order valence-electron chi connectivity index (χ2n) is 10.2. The first kappa shape index (κ1) is 31.2. The van der Waals surface area contributed by atoms with Crippen LogP contribution in [0, 0.1) is 6.92 Å². The molecular formula is C30H32Cl3N3O4S. The topological polar surface area (TPSA) is 86.8 Å². The zero-order chi connectivity index (χ0) is 29.7. The molecule has 4 rings (SSSR count). The summed E-state index contributed by atoms with van der Waals surface area (Å²) in [5.74, 6) is -0.901. The van der Waals surface area contributed by atoms with Crippen LogP contribution in [0.3, 0.4) is 0 Å². The molecule has 0 aliphatic heterocycles. The largest absolute Gasteiger partial charge is 0.352 e. The molecule has 1 atom stereocenters. The summed E-state index contributed by atoms with van der Waals surface area (Å²) >= 11 is 18.9. The molecular weight excluding hydrogens is 605 g/mol. The first-order valence-electron chi connectivity index (χ1n) is 13.3. The van der Waals surface area contributed by atoms with Gasteiger partial charge in [-0.3, -0.25) is 13.9 Å². The van der Waals surface area contributed by atoms with Crippen LogP contribution in [0.1, 0.15) is 43.7 Å². The van der Waals surface area contributed by atoms with Gasteiger partial charge in [0.15, 0.2) is 0 Å². The smallest absolute Gasteiger partial charge is 0.264 e. The number of rotatable bonds is 10. The van der Waals surface area contributed by atoms with E-state index < -0.39 is 28.5 Å². The fraction of sp³-hybridized carbons (Fsp3) is 0.333. The van der Waals surface area contributed by atoms with Crippen LogP contribution in [0.15, 0.2) is 71.6 Å². The van der Waals surface area contributed by atoms with Crippen LogP contribution in [0.4, 0.5) is 5.69 Å². The molecule has 0 radical (unpaired) electrons. The number of aryl methyl sites for hydroxylation is 1. The minimum atomic E-state index is -4.24. The molecule has 3 aromatic rings. The third-order valence-corrected chi connectivity index (χ3v) is 9.78. The van der Waals surface area contributed by atoms with Gasteiger partial charge in [0.25, 0.3) is 10.0 Å². The molecule has 1 aliphatic rings. The van der Waals surface area contributed by atoms with Crippen LogP contribution >= 0.6 is 34.8 Å². The van der Waals surface area contributed by atoms with E-state index in [-0.39, 0.29) is 39.1 Å². The number of anilines is 1. The Morgan fingerprint density at radius 3 is 2.17 bits per heavy atom. The summed E-state index contributed by atoms with van der Waals surface area (Å²) in [5, 5.41) is 3.89. The summed E-state index contributed by atoms with van der Waals surface area (Å²) < 4.78 is 28.9. The Morgan fingerprint density at radius 1 is 0.951 bits per heavy atom. The second kappa shape index (κ2) is 13.5. The van der Waals surface area contributed by atoms with Crippen LogP contribution in [0.25, 0.3) is 0 Å². The van der Waals surface area contributed by atoms with Gasteiger partial charge in [-0.25, -0.2) is 8.42 Å².